The molecule has 1 amide bonds. The molecule has 0 unspecified atom stereocenters. The number of aromatic nitrogens is 1. The molecule has 21 heavy (non-hydrogen) atoms. The van der Waals surface area contributed by atoms with E-state index in [-0.39, 0.29) is 30.0 Å². The largest absolute Gasteiger partial charge is 0.396 e. The van der Waals surface area contributed by atoms with E-state index < -0.39 is 0 Å². The van der Waals surface area contributed by atoms with Crippen LogP contribution in [0.2, 0.25) is 0 Å². The van der Waals surface area contributed by atoms with Crippen LogP contribution in [0.1, 0.15) is 41.6 Å². The highest BCUT2D eigenvalue weighted by molar-refractivity contribution is 7.07. The van der Waals surface area contributed by atoms with E-state index in [4.69, 9.17) is 4.52 Å². The molecule has 0 bridgehead atoms. The molecule has 2 aromatic heterocycles. The minimum atomic E-state index is -0.269. The van der Waals surface area contributed by atoms with Crippen molar-refractivity contribution in [2.24, 2.45) is 5.92 Å². The summed E-state index contributed by atoms with van der Waals surface area (Å²) in [7, 11) is 0. The molecule has 0 aliphatic rings. The van der Waals surface area contributed by atoms with Crippen molar-refractivity contribution >= 4 is 17.2 Å². The van der Waals surface area contributed by atoms with E-state index in [1.165, 1.54) is 5.56 Å². The molecule has 1 atom stereocenters. The van der Waals surface area contributed by atoms with E-state index in [1.807, 2.05) is 25.3 Å². The summed E-state index contributed by atoms with van der Waals surface area (Å²) in [5.74, 6) is 0.620. The minimum Gasteiger partial charge on any atom is -0.396 e. The Balaban J connectivity index is 1.86. The van der Waals surface area contributed by atoms with Crippen molar-refractivity contribution in [3.8, 4) is 0 Å². The number of thiophene rings is 1. The van der Waals surface area contributed by atoms with Gasteiger partial charge in [-0.15, -0.1) is 0 Å². The Morgan fingerprint density at radius 3 is 2.90 bits per heavy atom. The molecule has 0 spiro atoms. The molecular formula is C15H20N2O3S. The number of amides is 1. The fraction of sp³-hybridized carbons (Fsp3) is 0.467. The predicted molar refractivity (Wildman–Crippen MR) is 81.5 cm³/mol. The fourth-order valence-electron chi connectivity index (χ4n) is 1.94. The molecule has 0 fully saturated rings. The van der Waals surface area contributed by atoms with Crippen LogP contribution in [0.3, 0.4) is 0 Å². The standard InChI is InChI=1S/C15H20N2O3S/c1-10(2)14-6-13(17-20-14)15(19)16-7-12(8-18)5-11-3-4-21-9-11/h3-4,6,9-10,12,18H,5,7-8H2,1-2H3,(H,16,19)/t12-/m0/s1. The number of carbonyl (C=O) groups is 1. The third kappa shape index (κ3) is 4.41. The third-order valence-electron chi connectivity index (χ3n) is 3.24. The SMILES string of the molecule is CC(C)c1cc(C(=O)NC[C@@H](CO)Cc2ccsc2)no1. The monoisotopic (exact) mass is 308 g/mol. The lowest BCUT2D eigenvalue weighted by atomic mass is 10.0. The van der Waals surface area contributed by atoms with Crippen LogP contribution in [0.5, 0.6) is 0 Å². The molecule has 0 radical (unpaired) electrons. The van der Waals surface area contributed by atoms with Gasteiger partial charge in [0.1, 0.15) is 5.76 Å². The van der Waals surface area contributed by atoms with Crippen LogP contribution in [-0.2, 0) is 6.42 Å². The van der Waals surface area contributed by atoms with Crippen LogP contribution in [0.25, 0.3) is 0 Å². The van der Waals surface area contributed by atoms with Crippen molar-refractivity contribution in [3.05, 3.63) is 39.9 Å². The molecule has 6 heteroatoms. The van der Waals surface area contributed by atoms with Crippen molar-refractivity contribution in [1.82, 2.24) is 10.5 Å². The van der Waals surface area contributed by atoms with E-state index in [2.05, 4.69) is 15.9 Å². The number of hydrogen-bond donors (Lipinski definition) is 2. The second-order valence-electron chi connectivity index (χ2n) is 5.36. The predicted octanol–water partition coefficient (Wildman–Crippen LogP) is 2.44. The van der Waals surface area contributed by atoms with Crippen LogP contribution >= 0.6 is 11.3 Å². The summed E-state index contributed by atoms with van der Waals surface area (Å²) in [6.45, 7) is 4.40. The zero-order chi connectivity index (χ0) is 15.2. The fourth-order valence-corrected chi connectivity index (χ4v) is 2.62. The quantitative estimate of drug-likeness (QED) is 0.824. The molecule has 2 N–H and O–H groups in total. The van der Waals surface area contributed by atoms with Crippen molar-refractivity contribution in [3.63, 3.8) is 0 Å². The first-order valence-electron chi connectivity index (χ1n) is 6.97. The number of aliphatic hydroxyl groups is 1. The lowest BCUT2D eigenvalue weighted by molar-refractivity contribution is 0.0930. The summed E-state index contributed by atoms with van der Waals surface area (Å²) in [5.41, 5.74) is 1.46. The Kier molecular flexibility index (Phi) is 5.52. The first-order valence-corrected chi connectivity index (χ1v) is 7.91. The zero-order valence-electron chi connectivity index (χ0n) is 12.2. The van der Waals surface area contributed by atoms with Gasteiger partial charge in [-0.2, -0.15) is 11.3 Å². The average Bonchev–Trinajstić information content (AvgIpc) is 3.13. The average molecular weight is 308 g/mol. The Morgan fingerprint density at radius 2 is 2.33 bits per heavy atom. The first-order chi connectivity index (χ1) is 10.1. The molecule has 2 aromatic rings. The zero-order valence-corrected chi connectivity index (χ0v) is 13.0. The summed E-state index contributed by atoms with van der Waals surface area (Å²) in [4.78, 5) is 12.0. The highest BCUT2D eigenvalue weighted by Crippen LogP contribution is 2.15. The van der Waals surface area contributed by atoms with Gasteiger partial charge in [-0.25, -0.2) is 0 Å². The molecule has 0 saturated carbocycles. The second kappa shape index (κ2) is 7.38. The third-order valence-corrected chi connectivity index (χ3v) is 3.98. The van der Waals surface area contributed by atoms with Crippen LogP contribution in [-0.4, -0.2) is 29.3 Å². The summed E-state index contributed by atoms with van der Waals surface area (Å²) in [5, 5.41) is 20.0. The molecular weight excluding hydrogens is 288 g/mol. The van der Waals surface area contributed by atoms with Gasteiger partial charge in [0.05, 0.1) is 0 Å². The first kappa shape index (κ1) is 15.7. The number of carbonyl (C=O) groups excluding carboxylic acids is 1. The van der Waals surface area contributed by atoms with Crippen molar-refractivity contribution in [2.45, 2.75) is 26.2 Å². The van der Waals surface area contributed by atoms with Gasteiger partial charge in [0, 0.05) is 31.1 Å². The molecule has 0 aromatic carbocycles. The Labute approximate surface area is 128 Å². The molecule has 0 aliphatic heterocycles. The number of hydrogen-bond acceptors (Lipinski definition) is 5. The Morgan fingerprint density at radius 1 is 1.52 bits per heavy atom. The van der Waals surface area contributed by atoms with Crippen LogP contribution < -0.4 is 5.32 Å². The maximum atomic E-state index is 12.0. The van der Waals surface area contributed by atoms with Gasteiger partial charge in [-0.1, -0.05) is 19.0 Å². The summed E-state index contributed by atoms with van der Waals surface area (Å²) < 4.78 is 5.11. The normalized spacial score (nSPS) is 12.6. The van der Waals surface area contributed by atoms with E-state index >= 15 is 0 Å². The number of nitrogens with zero attached hydrogens (tertiary/aromatic N) is 1. The van der Waals surface area contributed by atoms with Crippen molar-refractivity contribution < 1.29 is 14.4 Å². The molecule has 0 saturated heterocycles. The summed E-state index contributed by atoms with van der Waals surface area (Å²) in [6.07, 6.45) is 0.746. The van der Waals surface area contributed by atoms with Crippen LogP contribution in [0.4, 0.5) is 0 Å². The highest BCUT2D eigenvalue weighted by Gasteiger charge is 2.16. The van der Waals surface area contributed by atoms with Crippen molar-refractivity contribution in [1.29, 1.82) is 0 Å². The minimum absolute atomic E-state index is 0.0000187. The van der Waals surface area contributed by atoms with Gasteiger partial charge >= 0.3 is 0 Å². The number of aliphatic hydroxyl groups excluding tert-OH is 1. The molecule has 0 aliphatic carbocycles. The van der Waals surface area contributed by atoms with Gasteiger partial charge in [0.25, 0.3) is 5.91 Å². The van der Waals surface area contributed by atoms with Gasteiger partial charge in [-0.05, 0) is 28.8 Å². The maximum Gasteiger partial charge on any atom is 0.273 e. The molecule has 114 valence electrons. The van der Waals surface area contributed by atoms with E-state index in [1.54, 1.807) is 17.4 Å². The maximum absolute atomic E-state index is 12.0. The number of rotatable bonds is 7. The van der Waals surface area contributed by atoms with Crippen molar-refractivity contribution in [2.75, 3.05) is 13.2 Å². The van der Waals surface area contributed by atoms with Gasteiger partial charge in [0.15, 0.2) is 5.69 Å². The van der Waals surface area contributed by atoms with Crippen LogP contribution in [0.15, 0.2) is 27.4 Å². The molecule has 5 nitrogen and oxygen atoms in total. The van der Waals surface area contributed by atoms with Gasteiger partial charge in [0.2, 0.25) is 0 Å². The summed E-state index contributed by atoms with van der Waals surface area (Å²) in [6, 6.07) is 3.69. The number of nitrogens with one attached hydrogen (secondary N) is 1. The lowest BCUT2D eigenvalue weighted by Crippen LogP contribution is -2.32. The second-order valence-corrected chi connectivity index (χ2v) is 6.14. The smallest absolute Gasteiger partial charge is 0.273 e. The van der Waals surface area contributed by atoms with E-state index in [9.17, 15) is 9.90 Å². The molecule has 2 heterocycles. The Bertz CT molecular complexity index is 563. The lowest BCUT2D eigenvalue weighted by Gasteiger charge is -2.13. The van der Waals surface area contributed by atoms with E-state index in [0.717, 1.165) is 6.42 Å². The Hall–Kier alpha value is -1.66. The van der Waals surface area contributed by atoms with Gasteiger partial charge in [-0.3, -0.25) is 4.79 Å². The topological polar surface area (TPSA) is 75.4 Å². The van der Waals surface area contributed by atoms with E-state index in [0.29, 0.717) is 12.3 Å². The van der Waals surface area contributed by atoms with Gasteiger partial charge < -0.3 is 14.9 Å². The van der Waals surface area contributed by atoms with Crippen LogP contribution in [0, 0.1) is 5.92 Å². The summed E-state index contributed by atoms with van der Waals surface area (Å²) >= 11 is 1.63. The highest BCUT2D eigenvalue weighted by atomic mass is 32.1. The molecule has 2 rings (SSSR count).